The number of hydrogen-bond acceptors (Lipinski definition) is 2. The molecule has 2 N–H and O–H groups in total. The smallest absolute Gasteiger partial charge is 0.269 e. The Morgan fingerprint density at radius 1 is 1.18 bits per heavy atom. The molecule has 1 atom stereocenters. The highest BCUT2D eigenvalue weighted by molar-refractivity contribution is 6.30. The Labute approximate surface area is 171 Å². The van der Waals surface area contributed by atoms with E-state index in [1.165, 1.54) is 38.5 Å². The van der Waals surface area contributed by atoms with Gasteiger partial charge in [-0.1, -0.05) is 30.7 Å². The van der Waals surface area contributed by atoms with Crippen molar-refractivity contribution in [3.8, 4) is 11.3 Å². The number of hydrogen-bond donors (Lipinski definition) is 2. The average molecular weight is 398 g/mol. The molecule has 0 saturated heterocycles. The molecule has 0 radical (unpaired) electrons. The Hall–Kier alpha value is -1.81. The lowest BCUT2D eigenvalue weighted by molar-refractivity contribution is -0.0727. The Morgan fingerprint density at radius 2 is 1.79 bits per heavy atom. The van der Waals surface area contributed by atoms with Crippen LogP contribution < -0.4 is 5.32 Å². The molecule has 1 unspecified atom stereocenters. The third kappa shape index (κ3) is 3.16. The third-order valence-electron chi connectivity index (χ3n) is 7.50. The summed E-state index contributed by atoms with van der Waals surface area (Å²) in [6.07, 6.45) is 9.18. The zero-order chi connectivity index (χ0) is 19.3. The molecule has 1 aromatic heterocycles. The average Bonchev–Trinajstić information content (AvgIpc) is 3.15. The third-order valence-corrected chi connectivity index (χ3v) is 7.75. The first kappa shape index (κ1) is 18.2. The second kappa shape index (κ2) is 6.91. The van der Waals surface area contributed by atoms with Crippen molar-refractivity contribution in [1.82, 2.24) is 15.5 Å². The highest BCUT2D eigenvalue weighted by Crippen LogP contribution is 2.61. The number of carbonyl (C=O) groups is 1. The summed E-state index contributed by atoms with van der Waals surface area (Å²) < 4.78 is 0. The maximum atomic E-state index is 13.0. The SMILES string of the molecule is CCC(NC(=O)c1cc(-c2ccc(Cl)cc2)n[nH]1)C12CC3CC(CC(C3)C1)C2. The van der Waals surface area contributed by atoms with E-state index >= 15 is 0 Å². The van der Waals surface area contributed by atoms with Crippen LogP contribution in [0.3, 0.4) is 0 Å². The van der Waals surface area contributed by atoms with Crippen LogP contribution in [0, 0.1) is 23.2 Å². The predicted octanol–water partition coefficient (Wildman–Crippen LogP) is 5.45. The van der Waals surface area contributed by atoms with Crippen LogP contribution in [0.4, 0.5) is 0 Å². The molecule has 4 aliphatic rings. The van der Waals surface area contributed by atoms with E-state index in [0.29, 0.717) is 16.1 Å². The molecular formula is C23H28ClN3O. The zero-order valence-corrected chi connectivity index (χ0v) is 17.1. The summed E-state index contributed by atoms with van der Waals surface area (Å²) >= 11 is 5.96. The number of nitrogens with zero attached hydrogens (tertiary/aromatic N) is 1. The van der Waals surface area contributed by atoms with Gasteiger partial charge in [-0.2, -0.15) is 5.10 Å². The van der Waals surface area contributed by atoms with E-state index in [9.17, 15) is 4.79 Å². The molecule has 28 heavy (non-hydrogen) atoms. The largest absolute Gasteiger partial charge is 0.347 e. The number of carbonyl (C=O) groups excluding carboxylic acids is 1. The number of halogens is 1. The molecular weight excluding hydrogens is 370 g/mol. The van der Waals surface area contributed by atoms with E-state index in [4.69, 9.17) is 11.6 Å². The standard InChI is InChI=1S/C23H28ClN3O/c1-2-21(23-11-14-7-15(12-23)9-16(8-14)13-23)25-22(28)20-10-19(26-27-20)17-3-5-18(24)6-4-17/h3-6,10,14-16,21H,2,7-9,11-13H2,1H3,(H,25,28)(H,26,27). The zero-order valence-electron chi connectivity index (χ0n) is 16.4. The lowest BCUT2D eigenvalue weighted by atomic mass is 9.47. The van der Waals surface area contributed by atoms with Crippen molar-refractivity contribution in [2.24, 2.45) is 23.2 Å². The molecule has 6 rings (SSSR count). The Balaban J connectivity index is 1.33. The summed E-state index contributed by atoms with van der Waals surface area (Å²) in [4.78, 5) is 13.0. The fourth-order valence-corrected chi connectivity index (χ4v) is 6.86. The maximum Gasteiger partial charge on any atom is 0.269 e. The molecule has 5 heteroatoms. The van der Waals surface area contributed by atoms with Crippen LogP contribution in [0.25, 0.3) is 11.3 Å². The second-order valence-corrected chi connectivity index (χ2v) is 9.82. The molecule has 1 heterocycles. The second-order valence-electron chi connectivity index (χ2n) is 9.39. The monoisotopic (exact) mass is 397 g/mol. The number of aromatic amines is 1. The highest BCUT2D eigenvalue weighted by Gasteiger charge is 2.54. The van der Waals surface area contributed by atoms with E-state index in [2.05, 4.69) is 22.4 Å². The number of nitrogens with one attached hydrogen (secondary N) is 2. The Morgan fingerprint density at radius 3 is 2.36 bits per heavy atom. The van der Waals surface area contributed by atoms with Gasteiger partial charge in [0.15, 0.2) is 0 Å². The normalized spacial score (nSPS) is 31.7. The van der Waals surface area contributed by atoms with Gasteiger partial charge in [-0.05, 0) is 86.3 Å². The number of rotatable bonds is 5. The molecule has 4 nitrogen and oxygen atoms in total. The number of benzene rings is 1. The van der Waals surface area contributed by atoms with Gasteiger partial charge in [-0.3, -0.25) is 9.89 Å². The van der Waals surface area contributed by atoms with E-state index in [0.717, 1.165) is 35.4 Å². The van der Waals surface area contributed by atoms with Gasteiger partial charge >= 0.3 is 0 Å². The van der Waals surface area contributed by atoms with E-state index < -0.39 is 0 Å². The van der Waals surface area contributed by atoms with Gasteiger partial charge in [-0.15, -0.1) is 0 Å². The van der Waals surface area contributed by atoms with Gasteiger partial charge in [0.1, 0.15) is 5.69 Å². The molecule has 4 saturated carbocycles. The Bertz CT molecular complexity index is 837. The lowest BCUT2D eigenvalue weighted by Crippen LogP contribution is -2.56. The summed E-state index contributed by atoms with van der Waals surface area (Å²) in [6, 6.07) is 9.62. The maximum absolute atomic E-state index is 13.0. The van der Waals surface area contributed by atoms with Crippen molar-refractivity contribution in [3.63, 3.8) is 0 Å². The lowest BCUT2D eigenvalue weighted by Gasteiger charge is -2.59. The molecule has 4 bridgehead atoms. The molecule has 1 amide bonds. The topological polar surface area (TPSA) is 57.8 Å². The summed E-state index contributed by atoms with van der Waals surface area (Å²) in [7, 11) is 0. The first-order valence-corrected chi connectivity index (χ1v) is 11.0. The molecule has 4 aliphatic carbocycles. The summed E-state index contributed by atoms with van der Waals surface area (Å²) in [5.41, 5.74) is 2.57. The molecule has 1 aromatic carbocycles. The van der Waals surface area contributed by atoms with Crippen LogP contribution >= 0.6 is 11.6 Å². The minimum Gasteiger partial charge on any atom is -0.347 e. The fraction of sp³-hybridized carbons (Fsp3) is 0.565. The summed E-state index contributed by atoms with van der Waals surface area (Å²) in [6.45, 7) is 2.22. The van der Waals surface area contributed by atoms with Crippen molar-refractivity contribution in [2.75, 3.05) is 0 Å². The minimum absolute atomic E-state index is 0.0321. The van der Waals surface area contributed by atoms with Crippen molar-refractivity contribution >= 4 is 17.5 Å². The molecule has 148 valence electrons. The van der Waals surface area contributed by atoms with Crippen LogP contribution in [-0.4, -0.2) is 22.1 Å². The first-order valence-electron chi connectivity index (χ1n) is 10.7. The molecule has 0 spiro atoms. The van der Waals surface area contributed by atoms with E-state index in [-0.39, 0.29) is 11.9 Å². The van der Waals surface area contributed by atoms with Gasteiger partial charge in [0, 0.05) is 16.6 Å². The van der Waals surface area contributed by atoms with Crippen molar-refractivity contribution in [1.29, 1.82) is 0 Å². The van der Waals surface area contributed by atoms with Crippen LogP contribution in [0.2, 0.25) is 5.02 Å². The van der Waals surface area contributed by atoms with Crippen molar-refractivity contribution in [3.05, 3.63) is 41.0 Å². The predicted molar refractivity (Wildman–Crippen MR) is 111 cm³/mol. The number of amides is 1. The minimum atomic E-state index is -0.0321. The van der Waals surface area contributed by atoms with Crippen molar-refractivity contribution < 1.29 is 4.79 Å². The van der Waals surface area contributed by atoms with Gasteiger partial charge in [0.25, 0.3) is 5.91 Å². The number of aromatic nitrogens is 2. The summed E-state index contributed by atoms with van der Waals surface area (Å²) in [5.74, 6) is 2.64. The van der Waals surface area contributed by atoms with Crippen LogP contribution in [-0.2, 0) is 0 Å². The number of H-pyrrole nitrogens is 1. The van der Waals surface area contributed by atoms with Gasteiger partial charge in [0.05, 0.1) is 5.69 Å². The van der Waals surface area contributed by atoms with Gasteiger partial charge in [0.2, 0.25) is 0 Å². The highest BCUT2D eigenvalue weighted by atomic mass is 35.5. The fourth-order valence-electron chi connectivity index (χ4n) is 6.74. The van der Waals surface area contributed by atoms with E-state index in [1.807, 2.05) is 30.3 Å². The quantitative estimate of drug-likeness (QED) is 0.704. The van der Waals surface area contributed by atoms with Gasteiger partial charge < -0.3 is 5.32 Å². The molecule has 0 aliphatic heterocycles. The first-order chi connectivity index (χ1) is 13.5. The van der Waals surface area contributed by atoms with Crippen LogP contribution in [0.5, 0.6) is 0 Å². The summed E-state index contributed by atoms with van der Waals surface area (Å²) in [5, 5.41) is 11.3. The molecule has 2 aromatic rings. The van der Waals surface area contributed by atoms with E-state index in [1.54, 1.807) is 0 Å². The van der Waals surface area contributed by atoms with Crippen molar-refractivity contribution in [2.45, 2.75) is 57.9 Å². The Kier molecular flexibility index (Phi) is 4.50. The van der Waals surface area contributed by atoms with Crippen LogP contribution in [0.15, 0.2) is 30.3 Å². The van der Waals surface area contributed by atoms with Gasteiger partial charge in [-0.25, -0.2) is 0 Å². The van der Waals surface area contributed by atoms with Crippen LogP contribution in [0.1, 0.15) is 62.4 Å². The molecule has 4 fully saturated rings.